The van der Waals surface area contributed by atoms with Crippen LogP contribution in [0.1, 0.15) is 37.8 Å². The standard InChI is InChI=1S/C20H16FN3O5/c1-19(2)6-11(25)13-12(7-19)29-16-14(15(26)23-18(28)24-16)20(13)9-5-8(21)3-4-10(9)22-17(20)27/h3-5H,6-7H2,1-2H3,(H,22,27)(H2,23,24,26,28). The summed E-state index contributed by atoms with van der Waals surface area (Å²) < 4.78 is 20.0. The Morgan fingerprint density at radius 2 is 1.83 bits per heavy atom. The number of benzene rings is 1. The van der Waals surface area contributed by atoms with E-state index in [0.29, 0.717) is 12.1 Å². The highest BCUT2D eigenvalue weighted by Crippen LogP contribution is 2.55. The van der Waals surface area contributed by atoms with E-state index in [-0.39, 0.29) is 40.5 Å². The number of fused-ring (bicyclic) bond motifs is 5. The molecule has 1 amide bonds. The normalized spacial score (nSPS) is 24.0. The van der Waals surface area contributed by atoms with Crippen LogP contribution in [-0.2, 0) is 15.0 Å². The van der Waals surface area contributed by atoms with Crippen molar-refractivity contribution < 1.29 is 18.7 Å². The van der Waals surface area contributed by atoms with E-state index in [4.69, 9.17) is 4.74 Å². The van der Waals surface area contributed by atoms with Crippen LogP contribution in [0.15, 0.2) is 39.1 Å². The van der Waals surface area contributed by atoms with E-state index < -0.39 is 33.8 Å². The Labute approximate surface area is 162 Å². The molecule has 1 aromatic heterocycles. The number of anilines is 1. The summed E-state index contributed by atoms with van der Waals surface area (Å²) in [6.45, 7) is 3.76. The van der Waals surface area contributed by atoms with Crippen LogP contribution in [0.25, 0.3) is 0 Å². The number of aromatic amines is 2. The van der Waals surface area contributed by atoms with Gasteiger partial charge in [-0.25, -0.2) is 9.18 Å². The van der Waals surface area contributed by atoms with Gasteiger partial charge in [0, 0.05) is 24.1 Å². The molecule has 1 spiro atoms. The van der Waals surface area contributed by atoms with Crippen LogP contribution in [0.2, 0.25) is 0 Å². The number of rotatable bonds is 0. The molecule has 5 rings (SSSR count). The highest BCUT2D eigenvalue weighted by molar-refractivity contribution is 6.19. The van der Waals surface area contributed by atoms with Crippen molar-refractivity contribution in [2.75, 3.05) is 5.32 Å². The number of aromatic nitrogens is 2. The number of nitrogens with one attached hydrogen (secondary N) is 3. The first-order valence-corrected chi connectivity index (χ1v) is 9.07. The molecule has 0 radical (unpaired) electrons. The summed E-state index contributed by atoms with van der Waals surface area (Å²) in [4.78, 5) is 55.8. The number of hydrogen-bond acceptors (Lipinski definition) is 5. The maximum absolute atomic E-state index is 14.2. The fourth-order valence-electron chi connectivity index (χ4n) is 4.67. The van der Waals surface area contributed by atoms with Gasteiger partial charge < -0.3 is 10.1 Å². The maximum Gasteiger partial charge on any atom is 0.328 e. The molecule has 29 heavy (non-hydrogen) atoms. The van der Waals surface area contributed by atoms with Crippen molar-refractivity contribution in [3.8, 4) is 5.88 Å². The molecule has 0 fully saturated rings. The lowest BCUT2D eigenvalue weighted by molar-refractivity contribution is -0.124. The predicted octanol–water partition coefficient (Wildman–Crippen LogP) is 1.48. The fourth-order valence-corrected chi connectivity index (χ4v) is 4.67. The van der Waals surface area contributed by atoms with Gasteiger partial charge in [-0.1, -0.05) is 13.8 Å². The zero-order chi connectivity index (χ0) is 20.7. The summed E-state index contributed by atoms with van der Waals surface area (Å²) in [5.41, 5.74) is -3.81. The lowest BCUT2D eigenvalue weighted by Gasteiger charge is -2.41. The molecule has 3 aliphatic rings. The number of halogens is 1. The number of ketones is 1. The Morgan fingerprint density at radius 3 is 2.59 bits per heavy atom. The molecule has 2 aromatic rings. The summed E-state index contributed by atoms with van der Waals surface area (Å²) in [5, 5.41) is 2.65. The molecule has 0 saturated carbocycles. The van der Waals surface area contributed by atoms with Crippen molar-refractivity contribution in [1.29, 1.82) is 0 Å². The van der Waals surface area contributed by atoms with Gasteiger partial charge in [0.05, 0.1) is 5.57 Å². The lowest BCUT2D eigenvalue weighted by Crippen LogP contribution is -2.51. The van der Waals surface area contributed by atoms with Gasteiger partial charge in [-0.2, -0.15) is 0 Å². The van der Waals surface area contributed by atoms with Gasteiger partial charge in [0.25, 0.3) is 5.56 Å². The number of carbonyl (C=O) groups excluding carboxylic acids is 2. The molecule has 1 atom stereocenters. The van der Waals surface area contributed by atoms with Crippen LogP contribution in [0, 0.1) is 11.2 Å². The van der Waals surface area contributed by atoms with Crippen molar-refractivity contribution in [1.82, 2.24) is 9.97 Å². The van der Waals surface area contributed by atoms with Crippen LogP contribution in [0.5, 0.6) is 5.88 Å². The summed E-state index contributed by atoms with van der Waals surface area (Å²) in [7, 11) is 0. The van der Waals surface area contributed by atoms with Gasteiger partial charge >= 0.3 is 5.69 Å². The monoisotopic (exact) mass is 397 g/mol. The molecular formula is C20H16FN3O5. The Morgan fingerprint density at radius 1 is 1.07 bits per heavy atom. The third-order valence-electron chi connectivity index (χ3n) is 5.69. The zero-order valence-corrected chi connectivity index (χ0v) is 15.6. The third kappa shape index (κ3) is 2.18. The lowest BCUT2D eigenvalue weighted by atomic mass is 9.62. The molecule has 1 aromatic carbocycles. The van der Waals surface area contributed by atoms with Gasteiger partial charge in [0.2, 0.25) is 11.8 Å². The topological polar surface area (TPSA) is 121 Å². The second-order valence-electron chi connectivity index (χ2n) is 8.35. The van der Waals surface area contributed by atoms with Crippen LogP contribution in [0.4, 0.5) is 10.1 Å². The number of Topliss-reactive ketones (excluding diaryl/α,β-unsaturated/α-hetero) is 1. The van der Waals surface area contributed by atoms with E-state index in [1.165, 1.54) is 12.1 Å². The molecule has 0 saturated heterocycles. The van der Waals surface area contributed by atoms with Gasteiger partial charge in [0.15, 0.2) is 5.78 Å². The highest BCUT2D eigenvalue weighted by atomic mass is 19.1. The molecule has 148 valence electrons. The van der Waals surface area contributed by atoms with Crippen molar-refractivity contribution in [3.05, 3.63) is 67.3 Å². The number of allylic oxidation sites excluding steroid dienone is 1. The molecule has 0 bridgehead atoms. The molecule has 1 aliphatic carbocycles. The van der Waals surface area contributed by atoms with Crippen molar-refractivity contribution in [2.45, 2.75) is 32.1 Å². The smallest absolute Gasteiger partial charge is 0.328 e. The first-order valence-electron chi connectivity index (χ1n) is 9.07. The predicted molar refractivity (Wildman–Crippen MR) is 99.2 cm³/mol. The third-order valence-corrected chi connectivity index (χ3v) is 5.69. The second kappa shape index (κ2) is 5.31. The Hall–Kier alpha value is -3.49. The average Bonchev–Trinajstić information content (AvgIpc) is 2.85. The molecule has 8 nitrogen and oxygen atoms in total. The summed E-state index contributed by atoms with van der Waals surface area (Å²) in [6, 6.07) is 3.69. The van der Waals surface area contributed by atoms with E-state index >= 15 is 0 Å². The second-order valence-corrected chi connectivity index (χ2v) is 8.35. The average molecular weight is 397 g/mol. The van der Waals surface area contributed by atoms with E-state index in [9.17, 15) is 23.6 Å². The first-order chi connectivity index (χ1) is 13.6. The quantitative estimate of drug-likeness (QED) is 0.622. The molecule has 2 aliphatic heterocycles. The van der Waals surface area contributed by atoms with Gasteiger partial charge in [-0.05, 0) is 23.6 Å². The summed E-state index contributed by atoms with van der Waals surface area (Å²) >= 11 is 0. The first kappa shape index (κ1) is 17.6. The summed E-state index contributed by atoms with van der Waals surface area (Å²) in [6.07, 6.45) is 0.438. The number of ether oxygens (including phenoxy) is 1. The fraction of sp³-hybridized carbons (Fsp3) is 0.300. The maximum atomic E-state index is 14.2. The van der Waals surface area contributed by atoms with Crippen LogP contribution in [0.3, 0.4) is 0 Å². The van der Waals surface area contributed by atoms with Crippen LogP contribution < -0.4 is 21.3 Å². The molecule has 3 N–H and O–H groups in total. The molecule has 9 heteroatoms. The zero-order valence-electron chi connectivity index (χ0n) is 15.6. The van der Waals surface area contributed by atoms with E-state index in [1.807, 2.05) is 13.8 Å². The SMILES string of the molecule is CC1(C)CC(=O)C2=C(C1)Oc1[nH]c(=O)[nH]c(=O)c1C21C(=O)Nc2ccc(F)cc21. The van der Waals surface area contributed by atoms with E-state index in [0.717, 1.165) is 6.07 Å². The number of carbonyl (C=O) groups is 2. The van der Waals surface area contributed by atoms with Crippen molar-refractivity contribution >= 4 is 17.4 Å². The Bertz CT molecular complexity index is 1290. The largest absolute Gasteiger partial charge is 0.444 e. The number of hydrogen-bond donors (Lipinski definition) is 3. The van der Waals surface area contributed by atoms with Gasteiger partial charge in [-0.15, -0.1) is 0 Å². The van der Waals surface area contributed by atoms with E-state index in [1.54, 1.807) is 0 Å². The minimum Gasteiger partial charge on any atom is -0.444 e. The molecule has 3 heterocycles. The molecule has 1 unspecified atom stereocenters. The van der Waals surface area contributed by atoms with Crippen LogP contribution in [-0.4, -0.2) is 21.7 Å². The van der Waals surface area contributed by atoms with Crippen LogP contribution >= 0.6 is 0 Å². The number of amides is 1. The summed E-state index contributed by atoms with van der Waals surface area (Å²) in [5.74, 6) is -1.66. The van der Waals surface area contributed by atoms with Gasteiger partial charge in [-0.3, -0.25) is 24.4 Å². The molecular weight excluding hydrogens is 381 g/mol. The van der Waals surface area contributed by atoms with Crippen molar-refractivity contribution in [3.63, 3.8) is 0 Å². The Balaban J connectivity index is 1.96. The minimum absolute atomic E-state index is 0.0173. The number of H-pyrrole nitrogens is 2. The highest BCUT2D eigenvalue weighted by Gasteiger charge is 2.61. The van der Waals surface area contributed by atoms with Crippen molar-refractivity contribution in [2.24, 2.45) is 5.41 Å². The minimum atomic E-state index is -1.90. The van der Waals surface area contributed by atoms with E-state index in [2.05, 4.69) is 15.3 Å². The van der Waals surface area contributed by atoms with Gasteiger partial charge in [0.1, 0.15) is 22.6 Å². The Kier molecular flexibility index (Phi) is 3.22.